The van der Waals surface area contributed by atoms with E-state index in [0.717, 1.165) is 60.4 Å². The van der Waals surface area contributed by atoms with Crippen molar-refractivity contribution >= 4 is 54.8 Å². The summed E-state index contributed by atoms with van der Waals surface area (Å²) in [6.07, 6.45) is 5.35. The molecule has 0 saturated carbocycles. The molecule has 0 aliphatic carbocycles. The molecule has 6 nitrogen and oxygen atoms in total. The number of ether oxygens (including phenoxy) is 1. The van der Waals surface area contributed by atoms with Crippen molar-refractivity contribution in [2.45, 2.75) is 26.2 Å². The van der Waals surface area contributed by atoms with Gasteiger partial charge in [-0.05, 0) is 109 Å². The number of pyridine rings is 1. The topological polar surface area (TPSA) is 49.0 Å². The monoisotopic (exact) mass is 1180 g/mol. The average molecular weight is 1180 g/mol. The third kappa shape index (κ3) is 8.43. The van der Waals surface area contributed by atoms with Crippen molar-refractivity contribution in [1.82, 2.24) is 14.1 Å². The summed E-state index contributed by atoms with van der Waals surface area (Å²) < 4.78 is 108. The second kappa shape index (κ2) is 19.2. The van der Waals surface area contributed by atoms with Crippen LogP contribution >= 0.6 is 0 Å². The number of para-hydroxylation sites is 2. The number of imidazole rings is 1. The van der Waals surface area contributed by atoms with Crippen molar-refractivity contribution in [2.75, 3.05) is 0 Å². The van der Waals surface area contributed by atoms with E-state index in [4.69, 9.17) is 22.4 Å². The standard InChI is InChI=1S/C70H48N4O2.Pt/c1-70(2,3)51-36-37-71-67(40-51)74-61-42-54(34-35-58(61)68-59(49-26-14-7-15-27-49)38-50(39-64(68)74)46-20-8-4-9-21-46)75-53-29-18-28-52(41-53)72-45-73(63-44-66-60(43-62(63)72)57-30-16-17-33-65(57)76-66)69-55(47-22-10-5-11-23-47)31-19-32-56(69)48-24-12-6-13-25-48;/h4-40,43-44H,1-3H3;/q-2;/i5D,6D,10D,11D,12D,13D,22D,23D,24D,25D;. The van der Waals surface area contributed by atoms with Gasteiger partial charge in [-0.3, -0.25) is 4.57 Å². The summed E-state index contributed by atoms with van der Waals surface area (Å²) in [6.45, 7) is 6.54. The van der Waals surface area contributed by atoms with Crippen LogP contribution in [0.15, 0.2) is 241 Å². The van der Waals surface area contributed by atoms with Crippen LogP contribution in [0.5, 0.6) is 11.5 Å². The molecule has 0 amide bonds. The van der Waals surface area contributed by atoms with Crippen LogP contribution in [0.2, 0.25) is 0 Å². The van der Waals surface area contributed by atoms with Crippen molar-refractivity contribution < 1.29 is 48.5 Å². The molecule has 4 aromatic heterocycles. The Labute approximate surface area is 475 Å². The largest absolute Gasteiger partial charge is 0.510 e. The molecule has 4 heterocycles. The third-order valence-electron chi connectivity index (χ3n) is 13.9. The minimum atomic E-state index is -0.592. The fraction of sp³-hybridized carbons (Fsp3) is 0.0571. The first-order chi connectivity index (χ1) is 41.4. The molecule has 0 aliphatic rings. The SMILES string of the molecule is [2H]c1c([2H])c([2H])c(-c2cccc(-c3c([2H])c([2H])c([2H])c([2H])c3[2H])c2-[n+]2[c-]n(-c3[c-]c(Oc4[c-]c5c(cc4)c4c(-c6ccccc6)cc(-c6ccccc6)cc4n5-c4cc(C(C)(C)C)ccn4)ccc3)c3cc4c(cc32)oc2ccccc24)c([2H])c1[2H].[Pt]. The molecule has 0 atom stereocenters. The summed E-state index contributed by atoms with van der Waals surface area (Å²) in [5, 5.41) is 3.56. The molecule has 0 spiro atoms. The Hall–Kier alpha value is -9.09. The van der Waals surface area contributed by atoms with Gasteiger partial charge in [-0.2, -0.15) is 18.2 Å². The van der Waals surface area contributed by atoms with Gasteiger partial charge in [0.05, 0.1) is 30.4 Å². The van der Waals surface area contributed by atoms with Gasteiger partial charge in [-0.25, -0.2) is 4.98 Å². The van der Waals surface area contributed by atoms with Crippen LogP contribution in [0.4, 0.5) is 0 Å². The van der Waals surface area contributed by atoms with Crippen molar-refractivity contribution in [2.24, 2.45) is 0 Å². The Bertz CT molecular complexity index is 5010. The zero-order valence-corrected chi connectivity index (χ0v) is 43.9. The maximum atomic E-state index is 9.22. The van der Waals surface area contributed by atoms with Crippen LogP contribution in [0.25, 0.3) is 116 Å². The fourth-order valence-corrected chi connectivity index (χ4v) is 10.4. The molecule has 372 valence electrons. The zero-order chi connectivity index (χ0) is 59.6. The number of hydrogen-bond donors (Lipinski definition) is 0. The molecule has 14 aromatic rings. The minimum absolute atomic E-state index is 0. The third-order valence-corrected chi connectivity index (χ3v) is 13.9. The quantitative estimate of drug-likeness (QED) is 0.107. The summed E-state index contributed by atoms with van der Waals surface area (Å²) in [5.41, 5.74) is 9.32. The van der Waals surface area contributed by atoms with E-state index in [2.05, 4.69) is 98.4 Å². The molecule has 77 heavy (non-hydrogen) atoms. The van der Waals surface area contributed by atoms with E-state index >= 15 is 0 Å². The fourth-order valence-electron chi connectivity index (χ4n) is 10.4. The molecule has 0 bridgehead atoms. The Morgan fingerprint density at radius 3 is 1.95 bits per heavy atom. The molecule has 0 fully saturated rings. The van der Waals surface area contributed by atoms with E-state index in [1.165, 1.54) is 0 Å². The molecular weight excluding hydrogens is 1120 g/mol. The van der Waals surface area contributed by atoms with Gasteiger partial charge in [0.15, 0.2) is 0 Å². The number of aromatic nitrogens is 4. The molecule has 0 unspecified atom stereocenters. The molecule has 10 aromatic carbocycles. The van der Waals surface area contributed by atoms with E-state index in [1.54, 1.807) is 33.4 Å². The smallest absolute Gasteiger partial charge is 0.268 e. The first-order valence-electron chi connectivity index (χ1n) is 29.9. The number of nitrogens with zero attached hydrogens (tertiary/aromatic N) is 4. The van der Waals surface area contributed by atoms with E-state index in [9.17, 15) is 5.48 Å². The van der Waals surface area contributed by atoms with Crippen molar-refractivity contribution in [3.05, 3.63) is 261 Å². The molecule has 0 radical (unpaired) electrons. The van der Waals surface area contributed by atoms with E-state index in [1.807, 2.05) is 97.2 Å². The first-order valence-corrected chi connectivity index (χ1v) is 24.9. The van der Waals surface area contributed by atoms with E-state index in [0.29, 0.717) is 45.2 Å². The second-order valence-corrected chi connectivity index (χ2v) is 19.6. The van der Waals surface area contributed by atoms with Gasteiger partial charge in [-0.15, -0.1) is 29.7 Å². The van der Waals surface area contributed by atoms with E-state index < -0.39 is 60.4 Å². The second-order valence-electron chi connectivity index (χ2n) is 19.6. The summed E-state index contributed by atoms with van der Waals surface area (Å²) in [7, 11) is 0. The van der Waals surface area contributed by atoms with Gasteiger partial charge < -0.3 is 18.3 Å². The normalized spacial score (nSPS) is 13.5. The maximum absolute atomic E-state index is 9.22. The molecule has 14 rings (SSSR count). The van der Waals surface area contributed by atoms with Crippen LogP contribution in [-0.2, 0) is 26.5 Å². The Balaban J connectivity index is 0.00000700. The number of hydrogen-bond acceptors (Lipinski definition) is 3. The van der Waals surface area contributed by atoms with Crippen LogP contribution in [0.1, 0.15) is 40.0 Å². The van der Waals surface area contributed by atoms with Crippen LogP contribution in [0, 0.1) is 18.5 Å². The Morgan fingerprint density at radius 1 is 0.545 bits per heavy atom. The Kier molecular flexibility index (Phi) is 9.40. The van der Waals surface area contributed by atoms with Gasteiger partial charge in [0.25, 0.3) is 6.33 Å². The summed E-state index contributed by atoms with van der Waals surface area (Å²) in [6, 6.07) is 56.5. The number of benzene rings is 10. The molecule has 0 aliphatic heterocycles. The van der Waals surface area contributed by atoms with Gasteiger partial charge in [0.2, 0.25) is 0 Å². The number of rotatable bonds is 9. The van der Waals surface area contributed by atoms with Gasteiger partial charge in [-0.1, -0.05) is 184 Å². The molecule has 0 N–H and O–H groups in total. The zero-order valence-electron chi connectivity index (χ0n) is 51.7. The summed E-state index contributed by atoms with van der Waals surface area (Å²) in [5.74, 6) is 1.43. The molecule has 0 saturated heterocycles. The van der Waals surface area contributed by atoms with Crippen molar-refractivity contribution in [3.8, 4) is 73.2 Å². The maximum Gasteiger partial charge on any atom is 0.268 e. The Morgan fingerprint density at radius 2 is 1.22 bits per heavy atom. The predicted molar refractivity (Wildman–Crippen MR) is 308 cm³/mol. The van der Waals surface area contributed by atoms with Crippen LogP contribution < -0.4 is 9.30 Å². The van der Waals surface area contributed by atoms with Crippen molar-refractivity contribution in [1.29, 1.82) is 0 Å². The number of fused-ring (bicyclic) bond motifs is 7. The predicted octanol–water partition coefficient (Wildman–Crippen LogP) is 17.5. The minimum Gasteiger partial charge on any atom is -0.510 e. The summed E-state index contributed by atoms with van der Waals surface area (Å²) in [4.78, 5) is 5.02. The van der Waals surface area contributed by atoms with Crippen molar-refractivity contribution in [3.63, 3.8) is 0 Å². The van der Waals surface area contributed by atoms with Crippen LogP contribution in [0.3, 0.4) is 0 Å². The molecular formula is C70H48N4O2Pt-2. The van der Waals surface area contributed by atoms with Gasteiger partial charge in [0, 0.05) is 55.1 Å². The summed E-state index contributed by atoms with van der Waals surface area (Å²) >= 11 is 0. The first kappa shape index (κ1) is 37.6. The average Bonchev–Trinajstić information content (AvgIpc) is 1.69. The van der Waals surface area contributed by atoms with Gasteiger partial charge in [0.1, 0.15) is 17.0 Å². The number of furan rings is 1. The van der Waals surface area contributed by atoms with E-state index in [-0.39, 0.29) is 54.4 Å². The van der Waals surface area contributed by atoms with Gasteiger partial charge >= 0.3 is 0 Å². The molecule has 7 heteroatoms. The van der Waals surface area contributed by atoms with Crippen LogP contribution in [-0.4, -0.2) is 14.1 Å².